The molecule has 1 aliphatic carbocycles. The molecule has 0 spiro atoms. The van der Waals surface area contributed by atoms with Crippen LogP contribution in [0, 0.1) is 18.8 Å². The van der Waals surface area contributed by atoms with E-state index in [9.17, 15) is 9.59 Å². The Hall–Kier alpha value is -1.95. The van der Waals surface area contributed by atoms with Crippen LogP contribution in [0.2, 0.25) is 0 Å². The van der Waals surface area contributed by atoms with Crippen molar-refractivity contribution in [1.29, 1.82) is 0 Å². The van der Waals surface area contributed by atoms with Crippen molar-refractivity contribution in [3.8, 4) is 0 Å². The van der Waals surface area contributed by atoms with Gasteiger partial charge in [0.25, 0.3) is 0 Å². The summed E-state index contributed by atoms with van der Waals surface area (Å²) in [6.07, 6.45) is 1.66. The standard InChI is InChI=1S/C15H16N2O3S/c1-8-16-12-5-4-11(7-13(12)21-8)17-14(18)9-2-3-10(6-9)15(19)20/h4-5,7,9-10H,2-3,6H2,1H3,(H,17,18)(H,19,20). The number of carbonyl (C=O) groups is 2. The van der Waals surface area contributed by atoms with Crippen molar-refractivity contribution in [3.05, 3.63) is 23.2 Å². The average molecular weight is 304 g/mol. The number of aryl methyl sites for hydroxylation is 1. The molecule has 1 aromatic heterocycles. The van der Waals surface area contributed by atoms with Gasteiger partial charge in [0.2, 0.25) is 5.91 Å². The molecule has 2 unspecified atom stereocenters. The van der Waals surface area contributed by atoms with Crippen molar-refractivity contribution in [2.24, 2.45) is 11.8 Å². The lowest BCUT2D eigenvalue weighted by Gasteiger charge is -2.10. The third kappa shape index (κ3) is 2.90. The number of nitrogens with zero attached hydrogens (tertiary/aromatic N) is 1. The molecule has 5 nitrogen and oxygen atoms in total. The number of thiazole rings is 1. The zero-order valence-electron chi connectivity index (χ0n) is 11.6. The molecule has 2 aromatic rings. The minimum atomic E-state index is -0.799. The summed E-state index contributed by atoms with van der Waals surface area (Å²) in [7, 11) is 0. The summed E-state index contributed by atoms with van der Waals surface area (Å²) < 4.78 is 1.04. The van der Waals surface area contributed by atoms with Gasteiger partial charge >= 0.3 is 5.97 Å². The Morgan fingerprint density at radius 2 is 2.10 bits per heavy atom. The van der Waals surface area contributed by atoms with Crippen LogP contribution in [0.1, 0.15) is 24.3 Å². The molecule has 3 rings (SSSR count). The first-order chi connectivity index (χ1) is 10.0. The Balaban J connectivity index is 1.70. The SMILES string of the molecule is Cc1nc2ccc(NC(=O)C3CCC(C(=O)O)C3)cc2s1. The minimum absolute atomic E-state index is 0.0839. The van der Waals surface area contributed by atoms with Gasteiger partial charge in [-0.05, 0) is 44.4 Å². The fourth-order valence-corrected chi connectivity index (χ4v) is 3.67. The number of aliphatic carboxylic acids is 1. The number of hydrogen-bond acceptors (Lipinski definition) is 4. The van der Waals surface area contributed by atoms with E-state index in [0.29, 0.717) is 19.3 Å². The van der Waals surface area contributed by atoms with E-state index in [1.807, 2.05) is 25.1 Å². The molecule has 6 heteroatoms. The third-order valence-electron chi connectivity index (χ3n) is 3.92. The number of aromatic nitrogens is 1. The lowest BCUT2D eigenvalue weighted by atomic mass is 10.0. The molecule has 0 radical (unpaired) electrons. The summed E-state index contributed by atoms with van der Waals surface area (Å²) in [4.78, 5) is 27.5. The van der Waals surface area contributed by atoms with Gasteiger partial charge in [-0.15, -0.1) is 11.3 Å². The molecule has 21 heavy (non-hydrogen) atoms. The van der Waals surface area contributed by atoms with E-state index in [2.05, 4.69) is 10.3 Å². The summed E-state index contributed by atoms with van der Waals surface area (Å²) in [6.45, 7) is 1.95. The van der Waals surface area contributed by atoms with E-state index >= 15 is 0 Å². The predicted octanol–water partition coefficient (Wildman–Crippen LogP) is 3.04. The summed E-state index contributed by atoms with van der Waals surface area (Å²) in [6, 6.07) is 5.65. The van der Waals surface area contributed by atoms with Crippen molar-refractivity contribution in [2.75, 3.05) is 5.32 Å². The average Bonchev–Trinajstić information content (AvgIpc) is 3.03. The molecule has 2 atom stereocenters. The lowest BCUT2D eigenvalue weighted by Crippen LogP contribution is -2.21. The van der Waals surface area contributed by atoms with Crippen LogP contribution in [0.15, 0.2) is 18.2 Å². The van der Waals surface area contributed by atoms with Crippen molar-refractivity contribution in [3.63, 3.8) is 0 Å². The largest absolute Gasteiger partial charge is 0.481 e. The highest BCUT2D eigenvalue weighted by Gasteiger charge is 2.33. The Morgan fingerprint density at radius 3 is 2.81 bits per heavy atom. The number of hydrogen-bond donors (Lipinski definition) is 2. The van der Waals surface area contributed by atoms with Crippen LogP contribution in [0.25, 0.3) is 10.2 Å². The van der Waals surface area contributed by atoms with E-state index in [1.165, 1.54) is 0 Å². The predicted molar refractivity (Wildman–Crippen MR) is 81.5 cm³/mol. The molecule has 1 fully saturated rings. The lowest BCUT2D eigenvalue weighted by molar-refractivity contribution is -0.141. The second-order valence-corrected chi connectivity index (χ2v) is 6.68. The monoisotopic (exact) mass is 304 g/mol. The summed E-state index contributed by atoms with van der Waals surface area (Å²) >= 11 is 1.59. The van der Waals surface area contributed by atoms with Gasteiger partial charge in [0.1, 0.15) is 0 Å². The molecule has 1 aliphatic rings. The Kier molecular flexibility index (Phi) is 3.63. The molecule has 0 bridgehead atoms. The fourth-order valence-electron chi connectivity index (χ4n) is 2.81. The normalized spacial score (nSPS) is 21.6. The number of fused-ring (bicyclic) bond motifs is 1. The first-order valence-corrected chi connectivity index (χ1v) is 7.75. The summed E-state index contributed by atoms with van der Waals surface area (Å²) in [5.41, 5.74) is 1.68. The van der Waals surface area contributed by atoms with Crippen molar-refractivity contribution < 1.29 is 14.7 Å². The van der Waals surface area contributed by atoms with Crippen LogP contribution in [0.5, 0.6) is 0 Å². The van der Waals surface area contributed by atoms with E-state index in [4.69, 9.17) is 5.11 Å². The first-order valence-electron chi connectivity index (χ1n) is 6.94. The van der Waals surface area contributed by atoms with Gasteiger partial charge in [-0.25, -0.2) is 4.98 Å². The van der Waals surface area contributed by atoms with Crippen molar-refractivity contribution in [1.82, 2.24) is 4.98 Å². The number of amides is 1. The number of carboxylic acids is 1. The maximum absolute atomic E-state index is 12.2. The van der Waals surface area contributed by atoms with Crippen molar-refractivity contribution in [2.45, 2.75) is 26.2 Å². The van der Waals surface area contributed by atoms with Gasteiger partial charge < -0.3 is 10.4 Å². The van der Waals surface area contributed by atoms with E-state index < -0.39 is 5.97 Å². The minimum Gasteiger partial charge on any atom is -0.481 e. The Morgan fingerprint density at radius 1 is 1.33 bits per heavy atom. The van der Waals surface area contributed by atoms with Gasteiger partial charge in [0.05, 0.1) is 21.1 Å². The zero-order chi connectivity index (χ0) is 15.0. The number of benzene rings is 1. The molecule has 2 N–H and O–H groups in total. The number of carbonyl (C=O) groups excluding carboxylic acids is 1. The van der Waals surface area contributed by atoms with Crippen LogP contribution < -0.4 is 5.32 Å². The molecule has 110 valence electrons. The van der Waals surface area contributed by atoms with Gasteiger partial charge in [-0.1, -0.05) is 0 Å². The molecule has 1 aromatic carbocycles. The highest BCUT2D eigenvalue weighted by Crippen LogP contribution is 2.32. The van der Waals surface area contributed by atoms with E-state index in [0.717, 1.165) is 20.9 Å². The molecular weight excluding hydrogens is 288 g/mol. The van der Waals surface area contributed by atoms with E-state index in [-0.39, 0.29) is 17.7 Å². The van der Waals surface area contributed by atoms with Gasteiger partial charge in [-0.2, -0.15) is 0 Å². The zero-order valence-corrected chi connectivity index (χ0v) is 12.4. The smallest absolute Gasteiger partial charge is 0.306 e. The topological polar surface area (TPSA) is 79.3 Å². The summed E-state index contributed by atoms with van der Waals surface area (Å²) in [5.74, 6) is -1.47. The quantitative estimate of drug-likeness (QED) is 0.913. The Bertz CT molecular complexity index is 710. The molecule has 0 saturated heterocycles. The number of carboxylic acid groups (broad SMARTS) is 1. The van der Waals surface area contributed by atoms with Crippen LogP contribution in [-0.4, -0.2) is 22.0 Å². The van der Waals surface area contributed by atoms with Gasteiger partial charge in [0.15, 0.2) is 0 Å². The van der Waals surface area contributed by atoms with Crippen LogP contribution in [-0.2, 0) is 9.59 Å². The number of anilines is 1. The number of rotatable bonds is 3. The highest BCUT2D eigenvalue weighted by atomic mass is 32.1. The second-order valence-electron chi connectivity index (χ2n) is 5.45. The molecule has 1 amide bonds. The Labute approximate surface area is 126 Å². The highest BCUT2D eigenvalue weighted by molar-refractivity contribution is 7.18. The molecule has 0 aliphatic heterocycles. The van der Waals surface area contributed by atoms with Crippen molar-refractivity contribution >= 4 is 39.1 Å². The maximum Gasteiger partial charge on any atom is 0.306 e. The van der Waals surface area contributed by atoms with Crippen LogP contribution in [0.4, 0.5) is 5.69 Å². The second kappa shape index (κ2) is 5.44. The van der Waals surface area contributed by atoms with Crippen LogP contribution in [0.3, 0.4) is 0 Å². The first kappa shape index (κ1) is 14.0. The third-order valence-corrected chi connectivity index (χ3v) is 4.85. The van der Waals surface area contributed by atoms with Gasteiger partial charge in [-0.3, -0.25) is 9.59 Å². The number of nitrogens with one attached hydrogen (secondary N) is 1. The fraction of sp³-hybridized carbons (Fsp3) is 0.400. The summed E-state index contributed by atoms with van der Waals surface area (Å²) in [5, 5.41) is 12.9. The van der Waals surface area contributed by atoms with Gasteiger partial charge in [0, 0.05) is 11.6 Å². The van der Waals surface area contributed by atoms with E-state index in [1.54, 1.807) is 11.3 Å². The maximum atomic E-state index is 12.2. The molecule has 1 saturated carbocycles. The van der Waals surface area contributed by atoms with Crippen LogP contribution >= 0.6 is 11.3 Å². The molecule has 1 heterocycles. The molecular formula is C15H16N2O3S.